The highest BCUT2D eigenvalue weighted by molar-refractivity contribution is 4.95. The van der Waals surface area contributed by atoms with Crippen molar-refractivity contribution in [1.29, 1.82) is 0 Å². The molecule has 0 radical (unpaired) electrons. The largest absolute Gasteiger partial charge is 0.381 e. The average Bonchev–Trinajstić information content (AvgIpc) is 2.81. The van der Waals surface area contributed by atoms with Gasteiger partial charge in [-0.15, -0.1) is 0 Å². The molecule has 0 bridgehead atoms. The number of methoxy groups -OCH3 is 1. The number of hydrogen-bond donors (Lipinski definition) is 1. The molecule has 1 atom stereocenters. The predicted octanol–water partition coefficient (Wildman–Crippen LogP) is 1.54. The molecule has 2 heteroatoms. The third-order valence-electron chi connectivity index (χ3n) is 2.84. The molecule has 0 spiro atoms. The lowest BCUT2D eigenvalue weighted by atomic mass is 9.97. The molecule has 66 valence electrons. The Morgan fingerprint density at radius 1 is 1.55 bits per heavy atom. The first kappa shape index (κ1) is 9.01. The van der Waals surface area contributed by atoms with Crippen molar-refractivity contribution in [2.75, 3.05) is 13.7 Å². The zero-order chi connectivity index (χ0) is 8.32. The summed E-state index contributed by atoms with van der Waals surface area (Å²) in [5.74, 6) is 0. The highest BCUT2D eigenvalue weighted by Gasteiger charge is 2.42. The molecule has 0 heterocycles. The van der Waals surface area contributed by atoms with Gasteiger partial charge in [0.2, 0.25) is 0 Å². The Labute approximate surface area is 69.1 Å². The number of nitrogens with two attached hydrogens (primary N) is 1. The van der Waals surface area contributed by atoms with Crippen LogP contribution < -0.4 is 5.73 Å². The summed E-state index contributed by atoms with van der Waals surface area (Å²) in [6.07, 6.45) is 5.32. The molecule has 2 nitrogen and oxygen atoms in total. The van der Waals surface area contributed by atoms with E-state index >= 15 is 0 Å². The third-order valence-corrected chi connectivity index (χ3v) is 2.84. The molecule has 1 aliphatic rings. The third kappa shape index (κ3) is 2.17. The molecule has 0 aromatic rings. The van der Waals surface area contributed by atoms with Gasteiger partial charge in [0, 0.05) is 7.11 Å². The summed E-state index contributed by atoms with van der Waals surface area (Å²) >= 11 is 0. The van der Waals surface area contributed by atoms with Gasteiger partial charge < -0.3 is 10.5 Å². The number of hydrogen-bond acceptors (Lipinski definition) is 2. The first-order valence-electron chi connectivity index (χ1n) is 4.49. The van der Waals surface area contributed by atoms with E-state index in [1.165, 1.54) is 12.8 Å². The molecular weight excluding hydrogens is 138 g/mol. The van der Waals surface area contributed by atoms with Gasteiger partial charge in [0.15, 0.2) is 0 Å². The monoisotopic (exact) mass is 157 g/mol. The van der Waals surface area contributed by atoms with Gasteiger partial charge in [0.25, 0.3) is 0 Å². The van der Waals surface area contributed by atoms with E-state index in [-0.39, 0.29) is 0 Å². The van der Waals surface area contributed by atoms with Crippen molar-refractivity contribution in [3.05, 3.63) is 0 Å². The van der Waals surface area contributed by atoms with E-state index < -0.39 is 0 Å². The summed E-state index contributed by atoms with van der Waals surface area (Å²) in [4.78, 5) is 0. The second-order valence-corrected chi connectivity index (χ2v) is 3.67. The first-order chi connectivity index (χ1) is 5.26. The predicted molar refractivity (Wildman–Crippen MR) is 46.4 cm³/mol. The topological polar surface area (TPSA) is 35.2 Å². The average molecular weight is 157 g/mol. The van der Waals surface area contributed by atoms with Crippen LogP contribution in [0.15, 0.2) is 0 Å². The molecule has 1 rings (SSSR count). The molecule has 0 aliphatic heterocycles. The summed E-state index contributed by atoms with van der Waals surface area (Å²) in [5, 5.41) is 0. The van der Waals surface area contributed by atoms with Crippen molar-refractivity contribution in [3.8, 4) is 0 Å². The van der Waals surface area contributed by atoms with Crippen LogP contribution in [0.4, 0.5) is 0 Å². The lowest BCUT2D eigenvalue weighted by Gasteiger charge is -2.19. The Morgan fingerprint density at radius 3 is 2.45 bits per heavy atom. The van der Waals surface area contributed by atoms with E-state index in [4.69, 9.17) is 10.5 Å². The van der Waals surface area contributed by atoms with Crippen LogP contribution in [-0.2, 0) is 4.74 Å². The van der Waals surface area contributed by atoms with Gasteiger partial charge >= 0.3 is 0 Å². The quantitative estimate of drug-likeness (QED) is 0.657. The first-order valence-corrected chi connectivity index (χ1v) is 4.49. The van der Waals surface area contributed by atoms with Crippen molar-refractivity contribution in [2.45, 2.75) is 38.7 Å². The second kappa shape index (κ2) is 3.55. The van der Waals surface area contributed by atoms with Crippen molar-refractivity contribution >= 4 is 0 Å². The normalized spacial score (nSPS) is 23.2. The zero-order valence-corrected chi connectivity index (χ0v) is 7.60. The number of ether oxygens (including phenoxy) is 1. The molecule has 0 aromatic carbocycles. The molecule has 1 unspecified atom stereocenters. The van der Waals surface area contributed by atoms with Gasteiger partial charge in [-0.05, 0) is 37.6 Å². The van der Waals surface area contributed by atoms with E-state index in [2.05, 4.69) is 6.92 Å². The van der Waals surface area contributed by atoms with Crippen molar-refractivity contribution in [2.24, 2.45) is 11.1 Å². The molecule has 1 saturated carbocycles. The summed E-state index contributed by atoms with van der Waals surface area (Å²) in [5.41, 5.74) is 6.14. The summed E-state index contributed by atoms with van der Waals surface area (Å²) in [6, 6.07) is 0. The van der Waals surface area contributed by atoms with Gasteiger partial charge in [0.05, 0.1) is 6.10 Å². The van der Waals surface area contributed by atoms with Crippen LogP contribution in [0.2, 0.25) is 0 Å². The Balaban J connectivity index is 2.27. The van der Waals surface area contributed by atoms with Crippen LogP contribution in [-0.4, -0.2) is 19.8 Å². The Morgan fingerprint density at radius 2 is 2.18 bits per heavy atom. The maximum absolute atomic E-state index is 5.67. The maximum atomic E-state index is 5.67. The van der Waals surface area contributed by atoms with E-state index in [1.807, 2.05) is 0 Å². The molecule has 0 aromatic heterocycles. The Bertz CT molecular complexity index is 117. The molecule has 1 fully saturated rings. The summed E-state index contributed by atoms with van der Waals surface area (Å²) in [7, 11) is 1.79. The lowest BCUT2D eigenvalue weighted by molar-refractivity contribution is 0.0741. The minimum Gasteiger partial charge on any atom is -0.381 e. The van der Waals surface area contributed by atoms with Crippen LogP contribution in [0.1, 0.15) is 32.6 Å². The minimum absolute atomic E-state index is 0.432. The van der Waals surface area contributed by atoms with Gasteiger partial charge in [-0.2, -0.15) is 0 Å². The Hall–Kier alpha value is -0.0800. The van der Waals surface area contributed by atoms with Crippen LogP contribution >= 0.6 is 0 Å². The summed E-state index contributed by atoms with van der Waals surface area (Å²) < 4.78 is 5.32. The molecule has 0 saturated heterocycles. The minimum atomic E-state index is 0.432. The molecular formula is C9H19NO. The van der Waals surface area contributed by atoms with Gasteiger partial charge in [0.1, 0.15) is 0 Å². The fourth-order valence-electron chi connectivity index (χ4n) is 1.55. The molecule has 11 heavy (non-hydrogen) atoms. The van der Waals surface area contributed by atoms with Crippen LogP contribution in [0.25, 0.3) is 0 Å². The fraction of sp³-hybridized carbons (Fsp3) is 1.00. The standard InChI is InChI=1S/C9H19NO/c1-3-8(11-2)6-9(7-10)4-5-9/h8H,3-7,10H2,1-2H3. The fourth-order valence-corrected chi connectivity index (χ4v) is 1.55. The van der Waals surface area contributed by atoms with Crippen LogP contribution in [0, 0.1) is 5.41 Å². The van der Waals surface area contributed by atoms with Gasteiger partial charge in [-0.1, -0.05) is 6.92 Å². The van der Waals surface area contributed by atoms with E-state index in [0.29, 0.717) is 11.5 Å². The van der Waals surface area contributed by atoms with Crippen LogP contribution in [0.3, 0.4) is 0 Å². The molecule has 0 amide bonds. The van der Waals surface area contributed by atoms with Crippen molar-refractivity contribution in [1.82, 2.24) is 0 Å². The van der Waals surface area contributed by atoms with E-state index in [0.717, 1.165) is 19.4 Å². The van der Waals surface area contributed by atoms with E-state index in [1.54, 1.807) is 7.11 Å². The SMILES string of the molecule is CCC(CC1(CN)CC1)OC. The maximum Gasteiger partial charge on any atom is 0.0574 e. The van der Waals surface area contributed by atoms with Crippen molar-refractivity contribution < 1.29 is 4.74 Å². The lowest BCUT2D eigenvalue weighted by Crippen LogP contribution is -2.22. The number of rotatable bonds is 5. The second-order valence-electron chi connectivity index (χ2n) is 3.67. The summed E-state index contributed by atoms with van der Waals surface area (Å²) in [6.45, 7) is 3.01. The molecule has 2 N–H and O–H groups in total. The zero-order valence-electron chi connectivity index (χ0n) is 7.60. The molecule has 1 aliphatic carbocycles. The highest BCUT2D eigenvalue weighted by atomic mass is 16.5. The van der Waals surface area contributed by atoms with Gasteiger partial charge in [-0.3, -0.25) is 0 Å². The Kier molecular flexibility index (Phi) is 2.90. The van der Waals surface area contributed by atoms with Crippen molar-refractivity contribution in [3.63, 3.8) is 0 Å². The smallest absolute Gasteiger partial charge is 0.0574 e. The highest BCUT2D eigenvalue weighted by Crippen LogP contribution is 2.49. The van der Waals surface area contributed by atoms with Crippen LogP contribution in [0.5, 0.6) is 0 Å². The van der Waals surface area contributed by atoms with Gasteiger partial charge in [-0.25, -0.2) is 0 Å². The van der Waals surface area contributed by atoms with E-state index in [9.17, 15) is 0 Å².